The van der Waals surface area contributed by atoms with Gasteiger partial charge in [-0.2, -0.15) is 5.10 Å². The number of aromatic nitrogens is 2. The van der Waals surface area contributed by atoms with E-state index in [2.05, 4.69) is 10.2 Å². The lowest BCUT2D eigenvalue weighted by molar-refractivity contribution is -0.147. The normalized spacial score (nSPS) is 20.1. The number of amides is 1. The van der Waals surface area contributed by atoms with Crippen molar-refractivity contribution in [2.75, 3.05) is 13.7 Å². The molecular weight excluding hydrogens is 222 g/mol. The molecule has 1 aromatic heterocycles. The molecule has 0 aliphatic carbocycles. The number of methoxy groups -OCH3 is 1. The molecule has 1 atom stereocenters. The minimum atomic E-state index is -0.462. The van der Waals surface area contributed by atoms with E-state index in [4.69, 9.17) is 4.74 Å². The number of hydrogen-bond donors (Lipinski definition) is 1. The highest BCUT2D eigenvalue weighted by Crippen LogP contribution is 2.20. The molecule has 1 saturated heterocycles. The second-order valence-corrected chi connectivity index (χ2v) is 4.02. The molecule has 1 fully saturated rings. The Hall–Kier alpha value is -1.85. The fourth-order valence-electron chi connectivity index (χ4n) is 2.09. The van der Waals surface area contributed by atoms with E-state index < -0.39 is 6.04 Å². The molecule has 6 heteroatoms. The van der Waals surface area contributed by atoms with Crippen LogP contribution in [0.15, 0.2) is 12.4 Å². The molecule has 1 aliphatic rings. The first-order chi connectivity index (χ1) is 8.24. The number of aromatic amines is 1. The third-order valence-electron chi connectivity index (χ3n) is 2.98. The van der Waals surface area contributed by atoms with Crippen LogP contribution in [-0.4, -0.2) is 46.7 Å². The lowest BCUT2D eigenvalue weighted by atomic mass is 10.0. The van der Waals surface area contributed by atoms with Crippen LogP contribution >= 0.6 is 0 Å². The van der Waals surface area contributed by atoms with E-state index >= 15 is 0 Å². The summed E-state index contributed by atoms with van der Waals surface area (Å²) in [7, 11) is 1.34. The Kier molecular flexibility index (Phi) is 3.41. The highest BCUT2D eigenvalue weighted by atomic mass is 16.5. The predicted octanol–water partition coefficient (Wildman–Crippen LogP) is 0.577. The highest BCUT2D eigenvalue weighted by molar-refractivity contribution is 5.96. The summed E-state index contributed by atoms with van der Waals surface area (Å²) in [5.74, 6) is -0.518. The van der Waals surface area contributed by atoms with Gasteiger partial charge in [0.25, 0.3) is 5.91 Å². The van der Waals surface area contributed by atoms with Crippen molar-refractivity contribution < 1.29 is 14.3 Å². The maximum Gasteiger partial charge on any atom is 0.328 e. The van der Waals surface area contributed by atoms with E-state index in [1.165, 1.54) is 19.5 Å². The van der Waals surface area contributed by atoms with Crippen LogP contribution in [0.5, 0.6) is 0 Å². The van der Waals surface area contributed by atoms with Crippen molar-refractivity contribution >= 4 is 11.9 Å². The van der Waals surface area contributed by atoms with Gasteiger partial charge in [-0.25, -0.2) is 4.79 Å². The quantitative estimate of drug-likeness (QED) is 0.763. The Morgan fingerprint density at radius 3 is 3.00 bits per heavy atom. The fraction of sp³-hybridized carbons (Fsp3) is 0.545. The summed E-state index contributed by atoms with van der Waals surface area (Å²) in [5, 5.41) is 6.33. The van der Waals surface area contributed by atoms with Gasteiger partial charge in [0.15, 0.2) is 0 Å². The molecule has 0 spiro atoms. The van der Waals surface area contributed by atoms with Crippen LogP contribution in [0.25, 0.3) is 0 Å². The molecule has 0 bridgehead atoms. The number of nitrogens with zero attached hydrogens (tertiary/aromatic N) is 2. The number of carbonyl (C=O) groups is 2. The zero-order valence-electron chi connectivity index (χ0n) is 9.68. The van der Waals surface area contributed by atoms with Gasteiger partial charge in [-0.15, -0.1) is 0 Å². The second-order valence-electron chi connectivity index (χ2n) is 4.02. The maximum absolute atomic E-state index is 12.1. The number of esters is 1. The molecule has 1 N–H and O–H groups in total. The molecule has 1 unspecified atom stereocenters. The molecule has 1 amide bonds. The predicted molar refractivity (Wildman–Crippen MR) is 59.3 cm³/mol. The van der Waals surface area contributed by atoms with Gasteiger partial charge >= 0.3 is 5.97 Å². The van der Waals surface area contributed by atoms with Crippen LogP contribution in [0.4, 0.5) is 0 Å². The maximum atomic E-state index is 12.1. The molecule has 2 rings (SSSR count). The Morgan fingerprint density at radius 1 is 1.53 bits per heavy atom. The lowest BCUT2D eigenvalue weighted by Crippen LogP contribution is -2.48. The van der Waals surface area contributed by atoms with Crippen LogP contribution in [0.1, 0.15) is 29.6 Å². The lowest BCUT2D eigenvalue weighted by Gasteiger charge is -2.33. The summed E-state index contributed by atoms with van der Waals surface area (Å²) in [6.45, 7) is 0.587. The van der Waals surface area contributed by atoms with Crippen LogP contribution in [0.3, 0.4) is 0 Å². The standard InChI is InChI=1S/C11H15N3O3/c1-17-11(16)9-4-2-3-5-14(9)10(15)8-6-12-13-7-8/h6-7,9H,2-5H2,1H3,(H,12,13). The van der Waals surface area contributed by atoms with Crippen molar-refractivity contribution in [3.8, 4) is 0 Å². The van der Waals surface area contributed by atoms with Gasteiger partial charge in [-0.3, -0.25) is 9.89 Å². The molecule has 0 saturated carbocycles. The molecule has 6 nitrogen and oxygen atoms in total. The molecule has 92 valence electrons. The Morgan fingerprint density at radius 2 is 2.35 bits per heavy atom. The molecule has 0 radical (unpaired) electrons. The Balaban J connectivity index is 2.16. The van der Waals surface area contributed by atoms with Gasteiger partial charge in [0, 0.05) is 12.7 Å². The number of carbonyl (C=O) groups excluding carboxylic acids is 2. The van der Waals surface area contributed by atoms with Gasteiger partial charge in [0.2, 0.25) is 0 Å². The zero-order valence-corrected chi connectivity index (χ0v) is 9.68. The van der Waals surface area contributed by atoms with E-state index in [1.807, 2.05) is 0 Å². The van der Waals surface area contributed by atoms with Crippen LogP contribution in [-0.2, 0) is 9.53 Å². The van der Waals surface area contributed by atoms with Crippen molar-refractivity contribution in [2.45, 2.75) is 25.3 Å². The number of piperidine rings is 1. The van der Waals surface area contributed by atoms with Crippen LogP contribution in [0.2, 0.25) is 0 Å². The van der Waals surface area contributed by atoms with E-state index in [0.29, 0.717) is 18.5 Å². The van der Waals surface area contributed by atoms with Crippen molar-refractivity contribution in [2.24, 2.45) is 0 Å². The average molecular weight is 237 g/mol. The smallest absolute Gasteiger partial charge is 0.328 e. The molecule has 0 aromatic carbocycles. The number of hydrogen-bond acceptors (Lipinski definition) is 4. The number of ether oxygens (including phenoxy) is 1. The number of rotatable bonds is 2. The van der Waals surface area contributed by atoms with E-state index in [0.717, 1.165) is 12.8 Å². The summed E-state index contributed by atoms with van der Waals surface area (Å²) < 4.78 is 4.73. The summed E-state index contributed by atoms with van der Waals surface area (Å²) >= 11 is 0. The van der Waals surface area contributed by atoms with E-state index in [1.54, 1.807) is 4.90 Å². The Bertz CT molecular complexity index is 402. The van der Waals surface area contributed by atoms with Crippen LogP contribution < -0.4 is 0 Å². The number of nitrogens with one attached hydrogen (secondary N) is 1. The highest BCUT2D eigenvalue weighted by Gasteiger charge is 2.33. The van der Waals surface area contributed by atoms with Gasteiger partial charge < -0.3 is 9.64 Å². The average Bonchev–Trinajstić information content (AvgIpc) is 2.91. The number of H-pyrrole nitrogens is 1. The van der Waals surface area contributed by atoms with Gasteiger partial charge in [-0.05, 0) is 19.3 Å². The third-order valence-corrected chi connectivity index (χ3v) is 2.98. The van der Waals surface area contributed by atoms with Crippen molar-refractivity contribution in [1.29, 1.82) is 0 Å². The van der Waals surface area contributed by atoms with Gasteiger partial charge in [-0.1, -0.05) is 0 Å². The van der Waals surface area contributed by atoms with Gasteiger partial charge in [0.1, 0.15) is 6.04 Å². The largest absolute Gasteiger partial charge is 0.467 e. The first-order valence-corrected chi connectivity index (χ1v) is 5.61. The number of likely N-dealkylation sites (tertiary alicyclic amines) is 1. The molecule has 2 heterocycles. The molecule has 17 heavy (non-hydrogen) atoms. The van der Waals surface area contributed by atoms with E-state index in [-0.39, 0.29) is 11.9 Å². The van der Waals surface area contributed by atoms with Gasteiger partial charge in [0.05, 0.1) is 18.9 Å². The SMILES string of the molecule is COC(=O)C1CCCCN1C(=O)c1cn[nH]c1. The minimum absolute atomic E-state index is 0.172. The van der Waals surface area contributed by atoms with Crippen LogP contribution in [0, 0.1) is 0 Å². The van der Waals surface area contributed by atoms with E-state index in [9.17, 15) is 9.59 Å². The second kappa shape index (κ2) is 4.99. The minimum Gasteiger partial charge on any atom is -0.467 e. The monoisotopic (exact) mass is 237 g/mol. The first-order valence-electron chi connectivity index (χ1n) is 5.61. The summed E-state index contributed by atoms with van der Waals surface area (Å²) in [5.41, 5.74) is 0.473. The first kappa shape index (κ1) is 11.6. The zero-order chi connectivity index (χ0) is 12.3. The van der Waals surface area contributed by atoms with Crippen molar-refractivity contribution in [3.63, 3.8) is 0 Å². The third kappa shape index (κ3) is 2.30. The topological polar surface area (TPSA) is 75.3 Å². The fourth-order valence-corrected chi connectivity index (χ4v) is 2.09. The molecular formula is C11H15N3O3. The summed E-state index contributed by atoms with van der Waals surface area (Å²) in [6.07, 6.45) is 5.51. The summed E-state index contributed by atoms with van der Waals surface area (Å²) in [4.78, 5) is 25.3. The van der Waals surface area contributed by atoms with Crippen molar-refractivity contribution in [1.82, 2.24) is 15.1 Å². The van der Waals surface area contributed by atoms with Crippen molar-refractivity contribution in [3.05, 3.63) is 18.0 Å². The Labute approximate surface area is 98.9 Å². The molecule has 1 aliphatic heterocycles. The molecule has 1 aromatic rings. The summed E-state index contributed by atoms with van der Waals surface area (Å²) in [6, 6.07) is -0.462.